The quantitative estimate of drug-likeness (QED) is 0.757. The summed E-state index contributed by atoms with van der Waals surface area (Å²) in [5, 5.41) is 11.9. The van der Waals surface area contributed by atoms with E-state index in [0.29, 0.717) is 12.6 Å². The molecule has 0 radical (unpaired) electrons. The summed E-state index contributed by atoms with van der Waals surface area (Å²) in [7, 11) is 0. The Bertz CT molecular complexity index is 616. The van der Waals surface area contributed by atoms with E-state index < -0.39 is 5.97 Å². The molecule has 146 valence electrons. The van der Waals surface area contributed by atoms with Crippen LogP contribution in [0.5, 0.6) is 0 Å². The van der Waals surface area contributed by atoms with Crippen LogP contribution >= 0.6 is 12.4 Å². The molecule has 2 N–H and O–H groups in total. The molecule has 0 aliphatic carbocycles. The lowest BCUT2D eigenvalue weighted by molar-refractivity contribution is -0.139. The van der Waals surface area contributed by atoms with Crippen molar-refractivity contribution in [3.63, 3.8) is 0 Å². The van der Waals surface area contributed by atoms with Crippen molar-refractivity contribution in [2.45, 2.75) is 39.7 Å². The molecule has 1 aliphatic heterocycles. The van der Waals surface area contributed by atoms with Crippen molar-refractivity contribution < 1.29 is 14.7 Å². The van der Waals surface area contributed by atoms with Crippen molar-refractivity contribution in [1.82, 2.24) is 9.80 Å². The van der Waals surface area contributed by atoms with Crippen LogP contribution in [0, 0.1) is 13.8 Å². The zero-order valence-corrected chi connectivity index (χ0v) is 16.6. The predicted molar refractivity (Wildman–Crippen MR) is 106 cm³/mol. The Morgan fingerprint density at radius 1 is 1.23 bits per heavy atom. The number of amides is 1. The van der Waals surface area contributed by atoms with Crippen LogP contribution in [0.2, 0.25) is 0 Å². The number of carboxylic acids is 1. The van der Waals surface area contributed by atoms with Crippen molar-refractivity contribution in [3.8, 4) is 0 Å². The van der Waals surface area contributed by atoms with E-state index in [0.717, 1.165) is 43.7 Å². The molecule has 1 amide bonds. The third kappa shape index (κ3) is 6.59. The van der Waals surface area contributed by atoms with E-state index in [2.05, 4.69) is 17.1 Å². The number of carboxylic acid groups (broad SMARTS) is 1. The minimum absolute atomic E-state index is 0. The maximum absolute atomic E-state index is 12.3. The highest BCUT2D eigenvalue weighted by Gasteiger charge is 2.25. The highest BCUT2D eigenvalue weighted by atomic mass is 35.5. The van der Waals surface area contributed by atoms with Crippen LogP contribution in [-0.4, -0.2) is 65.5 Å². The molecular weight excluding hydrogens is 354 g/mol. The van der Waals surface area contributed by atoms with Crippen molar-refractivity contribution in [1.29, 1.82) is 0 Å². The molecule has 1 fully saturated rings. The van der Waals surface area contributed by atoms with Crippen molar-refractivity contribution in [2.75, 3.05) is 38.0 Å². The van der Waals surface area contributed by atoms with E-state index in [-0.39, 0.29) is 24.9 Å². The minimum atomic E-state index is -0.781. The third-order valence-electron chi connectivity index (χ3n) is 4.98. The van der Waals surface area contributed by atoms with Crippen LogP contribution in [0.4, 0.5) is 5.69 Å². The van der Waals surface area contributed by atoms with Crippen LogP contribution in [0.25, 0.3) is 0 Å². The number of nitrogens with one attached hydrogen (secondary N) is 1. The molecule has 1 heterocycles. The van der Waals surface area contributed by atoms with Gasteiger partial charge in [0.15, 0.2) is 0 Å². The van der Waals surface area contributed by atoms with Crippen molar-refractivity contribution in [3.05, 3.63) is 29.3 Å². The Labute approximate surface area is 162 Å². The van der Waals surface area contributed by atoms with E-state index in [4.69, 9.17) is 5.11 Å². The number of anilines is 1. The standard InChI is InChI=1S/C19H29N3O3.ClH/c1-4-22(13-19(24)25)17-7-9-21(10-8-17)12-18(23)20-16-6-5-14(2)15(3)11-16;/h5-6,11,17H,4,7-10,12-13H2,1-3H3,(H,20,23)(H,24,25);1H. The number of aryl methyl sites for hydroxylation is 2. The molecular formula is C19H30ClN3O3. The first kappa shape index (κ1) is 22.4. The van der Waals surface area contributed by atoms with Gasteiger partial charge in [-0.05, 0) is 56.5 Å². The fraction of sp³-hybridized carbons (Fsp3) is 0.579. The van der Waals surface area contributed by atoms with Gasteiger partial charge in [0.2, 0.25) is 5.91 Å². The van der Waals surface area contributed by atoms with Gasteiger partial charge in [0.1, 0.15) is 0 Å². The lowest BCUT2D eigenvalue weighted by atomic mass is 10.0. The number of rotatable bonds is 7. The molecule has 7 heteroatoms. The molecule has 0 bridgehead atoms. The molecule has 1 aromatic rings. The van der Waals surface area contributed by atoms with Crippen LogP contribution in [-0.2, 0) is 9.59 Å². The Morgan fingerprint density at radius 2 is 1.88 bits per heavy atom. The van der Waals surface area contributed by atoms with Crippen LogP contribution < -0.4 is 5.32 Å². The number of halogens is 1. The van der Waals surface area contributed by atoms with E-state index in [1.165, 1.54) is 5.56 Å². The SMILES string of the molecule is CCN(CC(=O)O)C1CCN(CC(=O)Nc2ccc(C)c(C)c2)CC1.Cl. The number of likely N-dealkylation sites (tertiary alicyclic amines) is 1. The molecule has 6 nitrogen and oxygen atoms in total. The molecule has 1 aliphatic rings. The molecule has 0 aromatic heterocycles. The van der Waals surface area contributed by atoms with Gasteiger partial charge in [0, 0.05) is 24.8 Å². The first-order chi connectivity index (χ1) is 11.9. The van der Waals surface area contributed by atoms with Crippen molar-refractivity contribution >= 4 is 30.0 Å². The number of benzene rings is 1. The number of likely N-dealkylation sites (N-methyl/N-ethyl adjacent to an activating group) is 1. The van der Waals surface area contributed by atoms with Crippen LogP contribution in [0.1, 0.15) is 30.9 Å². The first-order valence-corrected chi connectivity index (χ1v) is 8.94. The maximum atomic E-state index is 12.3. The van der Waals surface area contributed by atoms with Gasteiger partial charge >= 0.3 is 5.97 Å². The largest absolute Gasteiger partial charge is 0.480 e. The number of carbonyl (C=O) groups excluding carboxylic acids is 1. The molecule has 0 saturated carbocycles. The summed E-state index contributed by atoms with van der Waals surface area (Å²) in [4.78, 5) is 27.3. The second kappa shape index (κ2) is 10.5. The van der Waals surface area contributed by atoms with Gasteiger partial charge in [-0.1, -0.05) is 13.0 Å². The molecule has 26 heavy (non-hydrogen) atoms. The number of hydrogen-bond acceptors (Lipinski definition) is 4. The molecule has 0 spiro atoms. The van der Waals surface area contributed by atoms with Gasteiger partial charge in [-0.15, -0.1) is 12.4 Å². The average molecular weight is 384 g/mol. The van der Waals surface area contributed by atoms with E-state index in [1.807, 2.05) is 36.9 Å². The van der Waals surface area contributed by atoms with Crippen molar-refractivity contribution in [2.24, 2.45) is 0 Å². The summed E-state index contributed by atoms with van der Waals surface area (Å²) < 4.78 is 0. The number of nitrogens with zero attached hydrogens (tertiary/aromatic N) is 2. The summed E-state index contributed by atoms with van der Waals surface area (Å²) >= 11 is 0. The average Bonchev–Trinajstić information content (AvgIpc) is 2.56. The van der Waals surface area contributed by atoms with Gasteiger partial charge in [-0.2, -0.15) is 0 Å². The second-order valence-corrected chi connectivity index (χ2v) is 6.81. The summed E-state index contributed by atoms with van der Waals surface area (Å²) in [6, 6.07) is 6.22. The number of piperidine rings is 1. The smallest absolute Gasteiger partial charge is 0.317 e. The van der Waals surface area contributed by atoms with Gasteiger partial charge in [0.05, 0.1) is 13.1 Å². The summed E-state index contributed by atoms with van der Waals surface area (Å²) in [5.74, 6) is -0.781. The van der Waals surface area contributed by atoms with E-state index in [1.54, 1.807) is 0 Å². The minimum Gasteiger partial charge on any atom is -0.480 e. The molecule has 0 unspecified atom stereocenters. The number of carbonyl (C=O) groups is 2. The molecule has 1 saturated heterocycles. The first-order valence-electron chi connectivity index (χ1n) is 8.94. The Morgan fingerprint density at radius 3 is 2.42 bits per heavy atom. The van der Waals surface area contributed by atoms with Gasteiger partial charge in [0.25, 0.3) is 0 Å². The topological polar surface area (TPSA) is 72.9 Å². The summed E-state index contributed by atoms with van der Waals surface area (Å²) in [6.45, 7) is 8.93. The zero-order chi connectivity index (χ0) is 18.4. The van der Waals surface area contributed by atoms with Gasteiger partial charge in [-0.3, -0.25) is 19.4 Å². The molecule has 0 atom stereocenters. The van der Waals surface area contributed by atoms with Gasteiger partial charge < -0.3 is 10.4 Å². The second-order valence-electron chi connectivity index (χ2n) is 6.81. The van der Waals surface area contributed by atoms with E-state index in [9.17, 15) is 9.59 Å². The predicted octanol–water partition coefficient (Wildman–Crippen LogP) is 2.53. The Kier molecular flexibility index (Phi) is 9.05. The highest BCUT2D eigenvalue weighted by Crippen LogP contribution is 2.17. The third-order valence-corrected chi connectivity index (χ3v) is 4.98. The maximum Gasteiger partial charge on any atom is 0.317 e. The molecule has 1 aromatic carbocycles. The summed E-state index contributed by atoms with van der Waals surface area (Å²) in [6.07, 6.45) is 1.80. The van der Waals surface area contributed by atoms with E-state index >= 15 is 0 Å². The fourth-order valence-corrected chi connectivity index (χ4v) is 3.34. The lowest BCUT2D eigenvalue weighted by Gasteiger charge is -2.37. The normalized spacial score (nSPS) is 15.5. The van der Waals surface area contributed by atoms with Crippen LogP contribution in [0.15, 0.2) is 18.2 Å². The molecule has 2 rings (SSSR count). The lowest BCUT2D eigenvalue weighted by Crippen LogP contribution is -2.48. The summed E-state index contributed by atoms with van der Waals surface area (Å²) in [5.41, 5.74) is 3.21. The highest BCUT2D eigenvalue weighted by molar-refractivity contribution is 5.92. The fourth-order valence-electron chi connectivity index (χ4n) is 3.34. The zero-order valence-electron chi connectivity index (χ0n) is 15.8. The Hall–Kier alpha value is -1.63. The monoisotopic (exact) mass is 383 g/mol. The number of aliphatic carboxylic acids is 1. The Balaban J connectivity index is 0.00000338. The number of hydrogen-bond donors (Lipinski definition) is 2. The van der Waals surface area contributed by atoms with Gasteiger partial charge in [-0.25, -0.2) is 0 Å². The van der Waals surface area contributed by atoms with Crippen LogP contribution in [0.3, 0.4) is 0 Å².